The molecule has 0 atom stereocenters. The van der Waals surface area contributed by atoms with Crippen LogP contribution in [0, 0.1) is 0 Å². The number of rotatable bonds is 2. The number of para-hydroxylation sites is 1. The highest BCUT2D eigenvalue weighted by Crippen LogP contribution is 2.36. The summed E-state index contributed by atoms with van der Waals surface area (Å²) < 4.78 is 39.4. The zero-order chi connectivity index (χ0) is 15.9. The number of hydrogen-bond acceptors (Lipinski definition) is 3. The molecule has 2 heterocycles. The van der Waals surface area contributed by atoms with Crippen molar-refractivity contribution in [2.24, 2.45) is 0 Å². The van der Waals surface area contributed by atoms with E-state index in [1.165, 1.54) is 29.5 Å². The van der Waals surface area contributed by atoms with E-state index in [1.54, 1.807) is 17.5 Å². The third kappa shape index (κ3) is 2.43. The molecule has 1 N–H and O–H groups in total. The highest BCUT2D eigenvalue weighted by Gasteiger charge is 2.34. The first-order valence-corrected chi connectivity index (χ1v) is 7.04. The molecule has 3 nitrogen and oxygen atoms in total. The van der Waals surface area contributed by atoms with Gasteiger partial charge in [-0.2, -0.15) is 13.2 Å². The average Bonchev–Trinajstić information content (AvgIpc) is 2.98. The van der Waals surface area contributed by atoms with E-state index in [9.17, 15) is 23.1 Å². The first-order chi connectivity index (χ1) is 10.4. The predicted molar refractivity (Wildman–Crippen MR) is 77.0 cm³/mol. The number of fused-ring (bicyclic) bond motifs is 1. The molecule has 7 heteroatoms. The molecule has 22 heavy (non-hydrogen) atoms. The number of aromatic nitrogens is 1. The van der Waals surface area contributed by atoms with Gasteiger partial charge in [-0.15, -0.1) is 11.3 Å². The van der Waals surface area contributed by atoms with Crippen molar-refractivity contribution in [2.45, 2.75) is 6.18 Å². The molecule has 0 radical (unpaired) electrons. The fourth-order valence-corrected chi connectivity index (χ4v) is 2.89. The lowest BCUT2D eigenvalue weighted by Gasteiger charge is -2.12. The van der Waals surface area contributed by atoms with Gasteiger partial charge in [0.05, 0.1) is 27.2 Å². The summed E-state index contributed by atoms with van der Waals surface area (Å²) in [5, 5.41) is 11.0. The van der Waals surface area contributed by atoms with Crippen LogP contribution < -0.4 is 0 Å². The van der Waals surface area contributed by atoms with Crippen LogP contribution in [0.3, 0.4) is 0 Å². The van der Waals surface area contributed by atoms with Crippen LogP contribution in [0.2, 0.25) is 0 Å². The van der Waals surface area contributed by atoms with Crippen LogP contribution in [-0.2, 0) is 6.18 Å². The number of carbonyl (C=O) groups is 1. The van der Waals surface area contributed by atoms with E-state index in [0.29, 0.717) is 4.88 Å². The number of carboxylic acid groups (broad SMARTS) is 1. The third-order valence-corrected chi connectivity index (χ3v) is 4.04. The number of thiophene rings is 1. The van der Waals surface area contributed by atoms with E-state index in [0.717, 1.165) is 6.07 Å². The zero-order valence-corrected chi connectivity index (χ0v) is 11.7. The SMILES string of the molecule is O=C(O)c1cc(-c2cccs2)nc2c(C(F)(F)F)cccc12. The van der Waals surface area contributed by atoms with Gasteiger partial charge in [0, 0.05) is 5.39 Å². The van der Waals surface area contributed by atoms with Gasteiger partial charge in [-0.25, -0.2) is 9.78 Å². The number of pyridine rings is 1. The van der Waals surface area contributed by atoms with Crippen LogP contribution in [0.25, 0.3) is 21.5 Å². The van der Waals surface area contributed by atoms with Gasteiger partial charge in [-0.1, -0.05) is 18.2 Å². The maximum Gasteiger partial charge on any atom is 0.418 e. The molecule has 0 bridgehead atoms. The summed E-state index contributed by atoms with van der Waals surface area (Å²) in [7, 11) is 0. The highest BCUT2D eigenvalue weighted by atomic mass is 32.1. The molecule has 0 saturated heterocycles. The maximum absolute atomic E-state index is 13.1. The van der Waals surface area contributed by atoms with Crippen molar-refractivity contribution in [3.63, 3.8) is 0 Å². The van der Waals surface area contributed by atoms with Crippen molar-refractivity contribution in [1.29, 1.82) is 0 Å². The second-order valence-electron chi connectivity index (χ2n) is 4.54. The largest absolute Gasteiger partial charge is 0.478 e. The van der Waals surface area contributed by atoms with E-state index >= 15 is 0 Å². The maximum atomic E-state index is 13.1. The van der Waals surface area contributed by atoms with Gasteiger partial charge >= 0.3 is 12.1 Å². The Morgan fingerprint density at radius 1 is 1.18 bits per heavy atom. The molecular formula is C15H8F3NO2S. The van der Waals surface area contributed by atoms with Crippen molar-refractivity contribution < 1.29 is 23.1 Å². The fraction of sp³-hybridized carbons (Fsp3) is 0.0667. The summed E-state index contributed by atoms with van der Waals surface area (Å²) in [6.07, 6.45) is -4.60. The fourth-order valence-electron chi connectivity index (χ4n) is 2.20. The first kappa shape index (κ1) is 14.5. The second-order valence-corrected chi connectivity index (χ2v) is 5.48. The molecule has 0 saturated carbocycles. The monoisotopic (exact) mass is 323 g/mol. The van der Waals surface area contributed by atoms with Crippen molar-refractivity contribution in [2.75, 3.05) is 0 Å². The van der Waals surface area contributed by atoms with Crippen LogP contribution >= 0.6 is 11.3 Å². The Kier molecular flexibility index (Phi) is 3.37. The Hall–Kier alpha value is -2.41. The topological polar surface area (TPSA) is 50.2 Å². The molecule has 0 unspecified atom stereocenters. The molecule has 112 valence electrons. The van der Waals surface area contributed by atoms with Crippen molar-refractivity contribution in [3.8, 4) is 10.6 Å². The lowest BCUT2D eigenvalue weighted by Crippen LogP contribution is -2.08. The molecule has 0 aliphatic heterocycles. The molecule has 2 aromatic heterocycles. The summed E-state index contributed by atoms with van der Waals surface area (Å²) >= 11 is 1.28. The van der Waals surface area contributed by atoms with E-state index < -0.39 is 17.7 Å². The summed E-state index contributed by atoms with van der Waals surface area (Å²) in [4.78, 5) is 16.1. The van der Waals surface area contributed by atoms with Crippen molar-refractivity contribution in [1.82, 2.24) is 4.98 Å². The van der Waals surface area contributed by atoms with E-state index in [-0.39, 0.29) is 22.2 Å². The summed E-state index contributed by atoms with van der Waals surface area (Å²) in [5.41, 5.74) is -1.26. The van der Waals surface area contributed by atoms with Gasteiger partial charge in [-0.3, -0.25) is 0 Å². The molecule has 0 aliphatic rings. The number of nitrogens with zero attached hydrogens (tertiary/aromatic N) is 1. The van der Waals surface area contributed by atoms with Crippen LogP contribution in [0.15, 0.2) is 41.8 Å². The minimum atomic E-state index is -4.60. The number of alkyl halides is 3. The van der Waals surface area contributed by atoms with Crippen LogP contribution in [0.1, 0.15) is 15.9 Å². The smallest absolute Gasteiger partial charge is 0.418 e. The molecule has 0 amide bonds. The Balaban J connectivity index is 2.41. The van der Waals surface area contributed by atoms with Gasteiger partial charge < -0.3 is 5.11 Å². The van der Waals surface area contributed by atoms with Gasteiger partial charge in [0.1, 0.15) is 0 Å². The number of halogens is 3. The van der Waals surface area contributed by atoms with Gasteiger partial charge in [0.15, 0.2) is 0 Å². The van der Waals surface area contributed by atoms with Gasteiger partial charge in [0.2, 0.25) is 0 Å². The molecule has 1 aromatic carbocycles. The Bertz CT molecular complexity index is 857. The molecule has 0 fully saturated rings. The Morgan fingerprint density at radius 3 is 2.55 bits per heavy atom. The van der Waals surface area contributed by atoms with Crippen LogP contribution in [0.4, 0.5) is 13.2 Å². The van der Waals surface area contributed by atoms with Gasteiger partial charge in [-0.05, 0) is 23.6 Å². The normalized spacial score (nSPS) is 11.8. The number of hydrogen-bond donors (Lipinski definition) is 1. The lowest BCUT2D eigenvalue weighted by atomic mass is 10.0. The summed E-state index contributed by atoms with van der Waals surface area (Å²) in [6.45, 7) is 0. The number of aromatic carboxylic acids is 1. The predicted octanol–water partition coefficient (Wildman–Crippen LogP) is 4.68. The molecule has 0 spiro atoms. The summed E-state index contributed by atoms with van der Waals surface area (Å²) in [6, 6.07) is 8.13. The lowest BCUT2D eigenvalue weighted by molar-refractivity contribution is -0.136. The molecule has 3 rings (SSSR count). The van der Waals surface area contributed by atoms with Crippen molar-refractivity contribution >= 4 is 28.2 Å². The number of benzene rings is 1. The standard InChI is InChI=1S/C15H8F3NO2S/c16-15(17,18)10-4-1-3-8-9(14(20)21)7-11(19-13(8)10)12-5-2-6-22-12/h1-7H,(H,20,21). The quantitative estimate of drug-likeness (QED) is 0.745. The first-order valence-electron chi connectivity index (χ1n) is 6.16. The third-order valence-electron chi connectivity index (χ3n) is 3.15. The minimum Gasteiger partial charge on any atom is -0.478 e. The van der Waals surface area contributed by atoms with Gasteiger partial charge in [0.25, 0.3) is 0 Å². The molecule has 0 aliphatic carbocycles. The second kappa shape index (κ2) is 5.10. The Labute approximate surface area is 126 Å². The minimum absolute atomic E-state index is 0.0253. The average molecular weight is 323 g/mol. The van der Waals surface area contributed by atoms with Crippen LogP contribution in [0.5, 0.6) is 0 Å². The zero-order valence-electron chi connectivity index (χ0n) is 10.9. The number of carboxylic acids is 1. The van der Waals surface area contributed by atoms with E-state index in [1.807, 2.05) is 0 Å². The molecular weight excluding hydrogens is 315 g/mol. The van der Waals surface area contributed by atoms with E-state index in [4.69, 9.17) is 0 Å². The van der Waals surface area contributed by atoms with Crippen molar-refractivity contribution in [3.05, 3.63) is 52.9 Å². The highest BCUT2D eigenvalue weighted by molar-refractivity contribution is 7.13. The summed E-state index contributed by atoms with van der Waals surface area (Å²) in [5.74, 6) is -1.29. The van der Waals surface area contributed by atoms with E-state index in [2.05, 4.69) is 4.98 Å². The van der Waals surface area contributed by atoms with Crippen LogP contribution in [-0.4, -0.2) is 16.1 Å². The molecule has 3 aromatic rings. The Morgan fingerprint density at radius 2 is 1.95 bits per heavy atom.